The van der Waals surface area contributed by atoms with Gasteiger partial charge in [0.25, 0.3) is 17.3 Å². The minimum atomic E-state index is -0.497. The van der Waals surface area contributed by atoms with Crippen molar-refractivity contribution < 1.29 is 76.9 Å². The van der Waals surface area contributed by atoms with Crippen molar-refractivity contribution in [3.8, 4) is 34.5 Å². The normalized spacial score (nSPS) is 14.9. The Balaban J connectivity index is 0.000000202. The van der Waals surface area contributed by atoms with Crippen LogP contribution in [-0.4, -0.2) is 197 Å². The molecule has 5 fully saturated rings. The summed E-state index contributed by atoms with van der Waals surface area (Å²) in [6.07, 6.45) is 35.6. The third-order valence-electron chi connectivity index (χ3n) is 20.3. The van der Waals surface area contributed by atoms with E-state index in [9.17, 15) is 69.2 Å². The summed E-state index contributed by atoms with van der Waals surface area (Å²) in [5.41, 5.74) is 5.40. The van der Waals surface area contributed by atoms with Crippen molar-refractivity contribution in [1.29, 1.82) is 0 Å². The first kappa shape index (κ1) is 95.5. The number of nitro benzene ring substituents is 4. The van der Waals surface area contributed by atoms with Crippen molar-refractivity contribution in [2.24, 2.45) is 0 Å². The molecule has 5 amide bonds. The van der Waals surface area contributed by atoms with Gasteiger partial charge in [0.05, 0.1) is 85.6 Å². The van der Waals surface area contributed by atoms with Gasteiger partial charge in [-0.25, -0.2) is 4.98 Å². The van der Waals surface area contributed by atoms with Gasteiger partial charge in [-0.1, -0.05) is 36.4 Å². The number of allylic oxidation sites excluding steroid dienone is 1. The fourth-order valence-electron chi connectivity index (χ4n) is 13.5. The molecular formula is C91H109N11O20. The van der Waals surface area contributed by atoms with Gasteiger partial charge < -0.3 is 52.9 Å². The molecule has 0 atom stereocenters. The lowest BCUT2D eigenvalue weighted by Crippen LogP contribution is -2.36. The second kappa shape index (κ2) is 50.3. The SMILES string of the molecule is COc1ccc(/C=C(\C)C(=O)N2CCCCC2)c([N+](=O)[O-])c1.COc1ccc(/C=C(\C)C(=O)N2CCCCC2)cc1[N+](=O)[O-].COc1ccc(/C=C(\C)C(=O)n2ccnc2)cc1.COc1ccc(/C=C/C(=O)N2CCCCC2)c([N+](=O)[O-])c1.COc1ccc(/C=C/C(=O)N2CCCCC2)cc1.COc1ccc(/C=C/C(=O)N2CCCCC2)cc1[N+](=O)[O-]. The Hall–Kier alpha value is -13.6. The Morgan fingerprint density at radius 2 is 0.648 bits per heavy atom. The fourth-order valence-corrected chi connectivity index (χ4v) is 13.5. The maximum absolute atomic E-state index is 12.4. The van der Waals surface area contributed by atoms with Crippen LogP contribution >= 0.6 is 0 Å². The van der Waals surface area contributed by atoms with Crippen molar-refractivity contribution in [2.75, 3.05) is 108 Å². The average molecular weight is 1680 g/mol. The number of ether oxygens (including phenoxy) is 6. The van der Waals surface area contributed by atoms with Gasteiger partial charge in [-0.05, 0) is 236 Å². The van der Waals surface area contributed by atoms with Crippen LogP contribution in [0.1, 0.15) is 155 Å². The van der Waals surface area contributed by atoms with Crippen LogP contribution in [0.25, 0.3) is 36.5 Å². The van der Waals surface area contributed by atoms with Crippen molar-refractivity contribution >= 4 is 94.6 Å². The van der Waals surface area contributed by atoms with Crippen molar-refractivity contribution in [1.82, 2.24) is 34.1 Å². The maximum atomic E-state index is 12.4. The predicted octanol–water partition coefficient (Wildman–Crippen LogP) is 16.7. The fraction of sp³-hybridized carbons (Fsp3) is 0.374. The monoisotopic (exact) mass is 1680 g/mol. The summed E-state index contributed by atoms with van der Waals surface area (Å²) in [6, 6.07) is 33.7. The van der Waals surface area contributed by atoms with Gasteiger partial charge in [0.1, 0.15) is 29.3 Å². The largest absolute Gasteiger partial charge is 0.497 e. The molecular weight excluding hydrogens is 1570 g/mol. The molecule has 1 aromatic heterocycles. The molecule has 0 aliphatic carbocycles. The lowest BCUT2D eigenvalue weighted by molar-refractivity contribution is -0.385. The second-order valence-corrected chi connectivity index (χ2v) is 28.9. The number of hydrogen-bond acceptors (Lipinski definition) is 21. The van der Waals surface area contributed by atoms with Gasteiger partial charge in [-0.15, -0.1) is 0 Å². The first-order valence-electron chi connectivity index (χ1n) is 40.4. The Morgan fingerprint density at radius 3 is 1.03 bits per heavy atom. The number of carbonyl (C=O) groups excluding carboxylic acids is 6. The molecule has 0 N–H and O–H groups in total. The van der Waals surface area contributed by atoms with Crippen molar-refractivity contribution in [3.63, 3.8) is 0 Å². The zero-order valence-corrected chi connectivity index (χ0v) is 70.7. The Bertz CT molecular complexity index is 4870. The van der Waals surface area contributed by atoms with E-state index in [1.807, 2.05) is 75.4 Å². The summed E-state index contributed by atoms with van der Waals surface area (Å²) in [7, 11) is 8.96. The van der Waals surface area contributed by atoms with Crippen LogP contribution < -0.4 is 28.4 Å². The van der Waals surface area contributed by atoms with Crippen LogP contribution in [0.2, 0.25) is 0 Å². The number of benzene rings is 6. The van der Waals surface area contributed by atoms with Gasteiger partial charge in [-0.3, -0.25) is 73.8 Å². The van der Waals surface area contributed by atoms with E-state index >= 15 is 0 Å². The van der Waals surface area contributed by atoms with Crippen LogP contribution in [-0.2, 0) is 24.0 Å². The number of nitro groups is 4. The van der Waals surface area contributed by atoms with Gasteiger partial charge >= 0.3 is 11.4 Å². The van der Waals surface area contributed by atoms with E-state index in [1.54, 1.807) is 124 Å². The highest BCUT2D eigenvalue weighted by Gasteiger charge is 2.25. The molecule has 0 spiro atoms. The lowest BCUT2D eigenvalue weighted by Gasteiger charge is -2.27. The quantitative estimate of drug-likeness (QED) is 0.0345. The summed E-state index contributed by atoms with van der Waals surface area (Å²) in [4.78, 5) is 128. The molecule has 12 rings (SSSR count). The molecule has 0 bridgehead atoms. The first-order valence-corrected chi connectivity index (χ1v) is 40.4. The van der Waals surface area contributed by atoms with Crippen LogP contribution in [0.4, 0.5) is 22.7 Å². The summed E-state index contributed by atoms with van der Waals surface area (Å²) in [5, 5.41) is 44.2. The predicted molar refractivity (Wildman–Crippen MR) is 468 cm³/mol. The Kier molecular flexibility index (Phi) is 39.4. The Morgan fingerprint density at radius 1 is 0.328 bits per heavy atom. The van der Waals surface area contributed by atoms with Crippen LogP contribution in [0.3, 0.4) is 0 Å². The van der Waals surface area contributed by atoms with Gasteiger partial charge in [0.2, 0.25) is 29.5 Å². The number of carbonyl (C=O) groups is 6. The second-order valence-electron chi connectivity index (χ2n) is 28.9. The molecule has 31 heteroatoms. The van der Waals surface area contributed by atoms with E-state index < -0.39 is 19.7 Å². The molecule has 0 unspecified atom stereocenters. The van der Waals surface area contributed by atoms with E-state index in [1.165, 1.54) is 94.3 Å². The molecule has 0 saturated carbocycles. The molecule has 5 saturated heterocycles. The highest BCUT2D eigenvalue weighted by atomic mass is 16.6. The molecule has 31 nitrogen and oxygen atoms in total. The van der Waals surface area contributed by atoms with Crippen LogP contribution in [0.5, 0.6) is 34.5 Å². The molecule has 5 aliphatic heterocycles. The molecule has 5 aliphatic rings. The van der Waals surface area contributed by atoms with E-state index in [0.29, 0.717) is 50.5 Å². The Labute approximate surface area is 710 Å². The van der Waals surface area contributed by atoms with E-state index in [4.69, 9.17) is 28.4 Å². The lowest BCUT2D eigenvalue weighted by atomic mass is 10.1. The maximum Gasteiger partial charge on any atom is 0.311 e. The average Bonchev–Trinajstić information content (AvgIpc) is 0.860. The topological polar surface area (TPSA) is 364 Å². The van der Waals surface area contributed by atoms with Gasteiger partial charge in [0.15, 0.2) is 11.5 Å². The van der Waals surface area contributed by atoms with Crippen LogP contribution in [0.15, 0.2) is 175 Å². The minimum Gasteiger partial charge on any atom is -0.497 e. The molecule has 0 radical (unpaired) electrons. The first-order chi connectivity index (χ1) is 58.8. The summed E-state index contributed by atoms with van der Waals surface area (Å²) in [6.45, 7) is 13.2. The number of aromatic nitrogens is 2. The number of amides is 5. The molecule has 648 valence electrons. The van der Waals surface area contributed by atoms with Gasteiger partial charge in [0, 0.05) is 125 Å². The third kappa shape index (κ3) is 30.6. The summed E-state index contributed by atoms with van der Waals surface area (Å²) >= 11 is 0. The highest BCUT2D eigenvalue weighted by molar-refractivity contribution is 6.00. The van der Waals surface area contributed by atoms with Crippen molar-refractivity contribution in [3.05, 3.63) is 249 Å². The summed E-state index contributed by atoms with van der Waals surface area (Å²) in [5.74, 6) is 2.72. The third-order valence-corrected chi connectivity index (χ3v) is 20.3. The van der Waals surface area contributed by atoms with E-state index in [-0.39, 0.29) is 69.7 Å². The number of methoxy groups -OCH3 is 6. The van der Waals surface area contributed by atoms with E-state index in [2.05, 4.69) is 4.98 Å². The highest BCUT2D eigenvalue weighted by Crippen LogP contribution is 2.32. The summed E-state index contributed by atoms with van der Waals surface area (Å²) < 4.78 is 31.5. The molecule has 6 aromatic carbocycles. The zero-order chi connectivity index (χ0) is 88.5. The number of nitrogens with zero attached hydrogens (tertiary/aromatic N) is 11. The standard InChI is InChI=1S/2C16H20N2O4.2C15H18N2O4.C15H19NO2.C14H14N2O2/c1-12(16(19)17-8-4-3-5-9-17)10-13-6-7-14(22-2)11-15(13)18(20)21;1-12(16(19)17-8-4-3-5-9-17)10-13-6-7-15(22-2)14(11-13)18(20)21;1-21-13-7-5-12(14(11-13)17(19)20)6-8-15(18)16-9-3-2-4-10-16;1-21-14-7-5-12(11-13(14)17(19)20)6-8-15(18)16-9-3-2-4-10-16;1-18-14-8-5-13(6-9-14)7-10-15(17)16-11-3-2-4-12-16;1-11(14(17)16-8-7-15-10-16)9-12-3-5-13(18-2)6-4-12/h2*6-7,10-11H,3-5,8-9H2,1-2H3;2*5-8,11H,2-4,9-10H2,1H3;5-10H,2-4,11-12H2,1H3;3-10H,1-2H3/b2*12-10+;2*8-6+;10-7+;11-9+. The molecule has 7 aromatic rings. The van der Waals surface area contributed by atoms with E-state index in [0.717, 1.165) is 178 Å². The number of likely N-dealkylation sites (tertiary alicyclic amines) is 5. The smallest absolute Gasteiger partial charge is 0.311 e. The molecule has 122 heavy (non-hydrogen) atoms. The zero-order valence-electron chi connectivity index (χ0n) is 70.7. The number of hydrogen-bond donors (Lipinski definition) is 0. The number of piperidine rings is 5. The number of rotatable bonds is 22. The molecule has 6 heterocycles. The minimum absolute atomic E-state index is 0.00169. The number of imidazole rings is 1. The van der Waals surface area contributed by atoms with Gasteiger partial charge in [-0.2, -0.15) is 0 Å². The van der Waals surface area contributed by atoms with Crippen LogP contribution in [0, 0.1) is 40.5 Å². The van der Waals surface area contributed by atoms with Crippen molar-refractivity contribution in [2.45, 2.75) is 117 Å².